The number of hydrogen-bond donors (Lipinski definition) is 2. The van der Waals surface area contributed by atoms with Gasteiger partial charge in [0.05, 0.1) is 12.7 Å². The van der Waals surface area contributed by atoms with Crippen LogP contribution in [0.4, 0.5) is 0 Å². The van der Waals surface area contributed by atoms with Gasteiger partial charge in [0, 0.05) is 18.6 Å². The molecule has 18 heavy (non-hydrogen) atoms. The molecule has 2 rings (SSSR count). The van der Waals surface area contributed by atoms with Crippen molar-refractivity contribution in [3.05, 3.63) is 0 Å². The molecule has 5 heteroatoms. The molecule has 0 aromatic carbocycles. The van der Waals surface area contributed by atoms with E-state index in [0.717, 1.165) is 26.0 Å². The maximum absolute atomic E-state index is 11.2. The zero-order valence-corrected chi connectivity index (χ0v) is 11.3. The van der Waals surface area contributed by atoms with Crippen molar-refractivity contribution in [1.29, 1.82) is 0 Å². The minimum atomic E-state index is -1.02. The summed E-state index contributed by atoms with van der Waals surface area (Å²) in [6, 6.07) is 0.699. The first-order chi connectivity index (χ1) is 8.46. The normalized spacial score (nSPS) is 42.1. The number of carboxylic acids is 1. The number of nitrogens with zero attached hydrogens (tertiary/aromatic N) is 1. The molecule has 4 atom stereocenters. The van der Waals surface area contributed by atoms with E-state index >= 15 is 0 Å². The molecular formula is C13H24N2O3. The van der Waals surface area contributed by atoms with Crippen molar-refractivity contribution < 1.29 is 14.6 Å². The Bertz CT molecular complexity index is 323. The van der Waals surface area contributed by atoms with E-state index in [0.29, 0.717) is 24.9 Å². The van der Waals surface area contributed by atoms with Gasteiger partial charge in [0.2, 0.25) is 0 Å². The van der Waals surface area contributed by atoms with E-state index in [1.165, 1.54) is 0 Å². The summed E-state index contributed by atoms with van der Waals surface area (Å²) in [6.45, 7) is 5.86. The Balaban J connectivity index is 2.05. The number of aliphatic carboxylic acids is 1. The SMILES string of the molecule is CCC1COC(C)CN1C1CCC(N)(C(=O)O)C1. The third kappa shape index (κ3) is 2.53. The van der Waals surface area contributed by atoms with E-state index in [1.54, 1.807) is 0 Å². The second kappa shape index (κ2) is 5.15. The maximum Gasteiger partial charge on any atom is 0.323 e. The molecule has 2 fully saturated rings. The quantitative estimate of drug-likeness (QED) is 0.782. The van der Waals surface area contributed by atoms with E-state index in [-0.39, 0.29) is 6.10 Å². The molecule has 1 aliphatic carbocycles. The first-order valence-electron chi connectivity index (χ1n) is 6.86. The van der Waals surface area contributed by atoms with Crippen LogP contribution in [-0.4, -0.2) is 52.9 Å². The lowest BCUT2D eigenvalue weighted by molar-refractivity contribution is -0.143. The van der Waals surface area contributed by atoms with E-state index in [1.807, 2.05) is 0 Å². The molecule has 0 amide bonds. The molecule has 3 N–H and O–H groups in total. The van der Waals surface area contributed by atoms with Crippen molar-refractivity contribution in [1.82, 2.24) is 4.90 Å². The van der Waals surface area contributed by atoms with Crippen LogP contribution in [0.5, 0.6) is 0 Å². The fraction of sp³-hybridized carbons (Fsp3) is 0.923. The van der Waals surface area contributed by atoms with Gasteiger partial charge in [0.25, 0.3) is 0 Å². The lowest BCUT2D eigenvalue weighted by atomic mass is 9.98. The highest BCUT2D eigenvalue weighted by atomic mass is 16.5. The van der Waals surface area contributed by atoms with Gasteiger partial charge in [-0.25, -0.2) is 0 Å². The largest absolute Gasteiger partial charge is 0.480 e. The number of carbonyl (C=O) groups is 1. The summed E-state index contributed by atoms with van der Waals surface area (Å²) in [4.78, 5) is 13.6. The van der Waals surface area contributed by atoms with Crippen molar-refractivity contribution in [3.8, 4) is 0 Å². The molecule has 1 aliphatic heterocycles. The number of rotatable bonds is 3. The Kier molecular flexibility index (Phi) is 3.94. The van der Waals surface area contributed by atoms with Crippen molar-refractivity contribution in [2.45, 2.75) is 63.3 Å². The molecule has 1 saturated heterocycles. The van der Waals surface area contributed by atoms with Crippen molar-refractivity contribution in [2.75, 3.05) is 13.2 Å². The Morgan fingerprint density at radius 1 is 1.61 bits per heavy atom. The summed E-state index contributed by atoms with van der Waals surface area (Å²) < 4.78 is 5.68. The summed E-state index contributed by atoms with van der Waals surface area (Å²) >= 11 is 0. The van der Waals surface area contributed by atoms with Gasteiger partial charge in [-0.1, -0.05) is 6.92 Å². The predicted molar refractivity (Wildman–Crippen MR) is 68.4 cm³/mol. The van der Waals surface area contributed by atoms with Gasteiger partial charge in [-0.05, 0) is 32.6 Å². The van der Waals surface area contributed by atoms with Crippen LogP contribution in [0.1, 0.15) is 39.5 Å². The zero-order chi connectivity index (χ0) is 13.3. The molecule has 4 unspecified atom stereocenters. The minimum absolute atomic E-state index is 0.227. The molecule has 1 saturated carbocycles. The van der Waals surface area contributed by atoms with Crippen LogP contribution >= 0.6 is 0 Å². The van der Waals surface area contributed by atoms with Crippen molar-refractivity contribution in [2.24, 2.45) is 5.73 Å². The molecule has 0 aromatic rings. The van der Waals surface area contributed by atoms with Gasteiger partial charge in [0.15, 0.2) is 0 Å². The molecule has 1 heterocycles. The Morgan fingerprint density at radius 2 is 2.33 bits per heavy atom. The molecule has 5 nitrogen and oxygen atoms in total. The van der Waals surface area contributed by atoms with E-state index < -0.39 is 11.5 Å². The number of nitrogens with two attached hydrogens (primary N) is 1. The summed E-state index contributed by atoms with van der Waals surface area (Å²) in [6.07, 6.45) is 3.28. The predicted octanol–water partition coefficient (Wildman–Crippen LogP) is 0.820. The summed E-state index contributed by atoms with van der Waals surface area (Å²) in [5.41, 5.74) is 4.94. The third-order valence-electron chi connectivity index (χ3n) is 4.40. The van der Waals surface area contributed by atoms with Gasteiger partial charge in [-0.3, -0.25) is 9.69 Å². The Hall–Kier alpha value is -0.650. The maximum atomic E-state index is 11.2. The highest BCUT2D eigenvalue weighted by molar-refractivity contribution is 5.79. The van der Waals surface area contributed by atoms with Crippen LogP contribution in [0.25, 0.3) is 0 Å². The van der Waals surface area contributed by atoms with Crippen LogP contribution in [-0.2, 0) is 9.53 Å². The number of ether oxygens (including phenoxy) is 1. The first kappa shape index (κ1) is 13.8. The Labute approximate surface area is 108 Å². The van der Waals surface area contributed by atoms with Gasteiger partial charge < -0.3 is 15.6 Å². The van der Waals surface area contributed by atoms with Gasteiger partial charge in [-0.15, -0.1) is 0 Å². The fourth-order valence-electron chi connectivity index (χ4n) is 3.20. The summed E-state index contributed by atoms with van der Waals surface area (Å²) in [5, 5.41) is 9.20. The molecule has 0 radical (unpaired) electrons. The van der Waals surface area contributed by atoms with Crippen molar-refractivity contribution in [3.63, 3.8) is 0 Å². The van der Waals surface area contributed by atoms with E-state index in [2.05, 4.69) is 18.7 Å². The van der Waals surface area contributed by atoms with Crippen LogP contribution in [0, 0.1) is 0 Å². The van der Waals surface area contributed by atoms with Gasteiger partial charge >= 0.3 is 5.97 Å². The van der Waals surface area contributed by atoms with Crippen LogP contribution < -0.4 is 5.73 Å². The second-order valence-corrected chi connectivity index (χ2v) is 5.76. The molecule has 0 bridgehead atoms. The van der Waals surface area contributed by atoms with Gasteiger partial charge in [0.1, 0.15) is 5.54 Å². The minimum Gasteiger partial charge on any atom is -0.480 e. The Morgan fingerprint density at radius 3 is 2.89 bits per heavy atom. The average Bonchev–Trinajstić information content (AvgIpc) is 2.73. The fourth-order valence-corrected chi connectivity index (χ4v) is 3.20. The first-order valence-corrected chi connectivity index (χ1v) is 6.86. The standard InChI is InChI=1S/C13H24N2O3/c1-3-10-8-18-9(2)7-15(10)11-4-5-13(14,6-11)12(16)17/h9-11H,3-8,14H2,1-2H3,(H,16,17). The second-order valence-electron chi connectivity index (χ2n) is 5.76. The van der Waals surface area contributed by atoms with E-state index in [4.69, 9.17) is 10.5 Å². The van der Waals surface area contributed by atoms with Crippen LogP contribution in [0.15, 0.2) is 0 Å². The lowest BCUT2D eigenvalue weighted by Crippen LogP contribution is -2.54. The lowest BCUT2D eigenvalue weighted by Gasteiger charge is -2.42. The molecule has 104 valence electrons. The number of hydrogen-bond acceptors (Lipinski definition) is 4. The molecular weight excluding hydrogens is 232 g/mol. The highest BCUT2D eigenvalue weighted by Gasteiger charge is 2.45. The number of morpholine rings is 1. The average molecular weight is 256 g/mol. The van der Waals surface area contributed by atoms with Gasteiger partial charge in [-0.2, -0.15) is 0 Å². The van der Waals surface area contributed by atoms with Crippen molar-refractivity contribution >= 4 is 5.97 Å². The molecule has 0 aromatic heterocycles. The molecule has 0 spiro atoms. The molecule has 2 aliphatic rings. The smallest absolute Gasteiger partial charge is 0.323 e. The zero-order valence-electron chi connectivity index (χ0n) is 11.3. The monoisotopic (exact) mass is 256 g/mol. The highest BCUT2D eigenvalue weighted by Crippen LogP contribution is 2.34. The summed E-state index contributed by atoms with van der Waals surface area (Å²) in [7, 11) is 0. The van der Waals surface area contributed by atoms with Crippen LogP contribution in [0.2, 0.25) is 0 Å². The number of carboxylic acid groups (broad SMARTS) is 1. The van der Waals surface area contributed by atoms with E-state index in [9.17, 15) is 9.90 Å². The summed E-state index contributed by atoms with van der Waals surface area (Å²) in [5.74, 6) is -0.862. The topological polar surface area (TPSA) is 75.8 Å². The van der Waals surface area contributed by atoms with Crippen LogP contribution in [0.3, 0.4) is 0 Å². The third-order valence-corrected chi connectivity index (χ3v) is 4.40.